The fourth-order valence-corrected chi connectivity index (χ4v) is 4.15. The largest absolute Gasteiger partial charge is 0.481 e. The smallest absolute Gasteiger partial charge is 0.326 e. The van der Waals surface area contributed by atoms with Gasteiger partial charge >= 0.3 is 17.9 Å². The van der Waals surface area contributed by atoms with E-state index in [0.29, 0.717) is 32.2 Å². The van der Waals surface area contributed by atoms with Gasteiger partial charge in [-0.1, -0.05) is 60.8 Å². The van der Waals surface area contributed by atoms with Crippen LogP contribution in [-0.4, -0.2) is 63.7 Å². The maximum atomic E-state index is 12.1. The summed E-state index contributed by atoms with van der Waals surface area (Å²) in [7, 11) is 2.18. The number of unbranched alkanes of at least 4 members (excludes halogenated alkanes) is 10. The van der Waals surface area contributed by atoms with Crippen molar-refractivity contribution < 1.29 is 39.3 Å². The van der Waals surface area contributed by atoms with Gasteiger partial charge in [0.15, 0.2) is 0 Å². The summed E-state index contributed by atoms with van der Waals surface area (Å²) in [5.74, 6) is -3.48. The summed E-state index contributed by atoms with van der Waals surface area (Å²) in [6, 6.07) is -1.77. The van der Waals surface area contributed by atoms with Crippen LogP contribution in [0, 0.1) is 0 Å². The van der Waals surface area contributed by atoms with E-state index in [1.807, 2.05) is 0 Å². The Morgan fingerprint density at radius 1 is 0.568 bits per heavy atom. The number of rotatable bonds is 25. The van der Waals surface area contributed by atoms with Gasteiger partial charge in [-0.15, -0.1) is 0 Å². The van der Waals surface area contributed by atoms with Crippen LogP contribution in [0.25, 0.3) is 0 Å². The van der Waals surface area contributed by atoms with Crippen LogP contribution in [0.15, 0.2) is 0 Å². The van der Waals surface area contributed by atoms with E-state index in [4.69, 9.17) is 10.2 Å². The van der Waals surface area contributed by atoms with Crippen LogP contribution in [0.5, 0.6) is 0 Å². The van der Waals surface area contributed by atoms with Gasteiger partial charge in [0.1, 0.15) is 12.1 Å². The summed E-state index contributed by atoms with van der Waals surface area (Å²) in [5.41, 5.74) is 0. The highest BCUT2D eigenvalue weighted by Crippen LogP contribution is 2.12. The fourth-order valence-electron chi connectivity index (χ4n) is 3.84. The number of carbonyl (C=O) groups is 5. The summed E-state index contributed by atoms with van der Waals surface area (Å²) in [6.07, 6.45) is 11.9. The number of carboxylic acid groups (broad SMARTS) is 3. The van der Waals surface area contributed by atoms with Gasteiger partial charge in [0.05, 0.1) is 0 Å². The fraction of sp³-hybridized carbons (Fsp3) is 0.800. The molecule has 11 nitrogen and oxygen atoms in total. The molecule has 0 saturated carbocycles. The normalized spacial score (nSPS) is 12.5. The molecular formula is C25H46N3O8P. The average Bonchev–Trinajstić information content (AvgIpc) is 2.83. The molecule has 0 aromatic rings. The van der Waals surface area contributed by atoms with Crippen molar-refractivity contribution in [1.29, 1.82) is 0 Å². The molecule has 2 amide bonds. The summed E-state index contributed by atoms with van der Waals surface area (Å²) in [5, 5.41) is 34.7. The molecule has 0 aliphatic carbocycles. The highest BCUT2D eigenvalue weighted by molar-refractivity contribution is 7.13. The zero-order valence-corrected chi connectivity index (χ0v) is 23.0. The maximum absolute atomic E-state index is 12.1. The number of aliphatic carboxylic acids is 3. The topological polar surface area (TPSA) is 182 Å². The Balaban J connectivity index is 3.84. The van der Waals surface area contributed by atoms with Gasteiger partial charge in [-0.05, 0) is 38.5 Å². The van der Waals surface area contributed by atoms with E-state index in [1.54, 1.807) is 0 Å². The maximum Gasteiger partial charge on any atom is 0.326 e. The molecule has 0 spiro atoms. The molecule has 0 aromatic heterocycles. The van der Waals surface area contributed by atoms with Crippen molar-refractivity contribution in [3.8, 4) is 0 Å². The minimum atomic E-state index is -1.17. The van der Waals surface area contributed by atoms with Crippen LogP contribution in [0.4, 0.5) is 0 Å². The molecule has 0 rings (SSSR count). The molecule has 0 radical (unpaired) electrons. The molecule has 0 heterocycles. The van der Waals surface area contributed by atoms with E-state index in [1.165, 1.54) is 0 Å². The van der Waals surface area contributed by atoms with Gasteiger partial charge in [0.25, 0.3) is 0 Å². The van der Waals surface area contributed by atoms with Gasteiger partial charge in [-0.3, -0.25) is 24.3 Å². The predicted molar refractivity (Wildman–Crippen MR) is 143 cm³/mol. The number of hydrogen-bond acceptors (Lipinski definition) is 6. The Hall–Kier alpha value is -2.26. The first-order valence-corrected chi connectivity index (χ1v) is 13.9. The van der Waals surface area contributed by atoms with Crippen molar-refractivity contribution in [2.45, 2.75) is 121 Å². The van der Waals surface area contributed by atoms with E-state index in [2.05, 4.69) is 25.1 Å². The lowest BCUT2D eigenvalue weighted by Gasteiger charge is -2.14. The Labute approximate surface area is 222 Å². The van der Waals surface area contributed by atoms with Crippen LogP contribution < -0.4 is 15.7 Å². The number of hydrogen-bond donors (Lipinski definition) is 6. The molecule has 37 heavy (non-hydrogen) atoms. The third-order valence-corrected chi connectivity index (χ3v) is 6.48. The van der Waals surface area contributed by atoms with Crippen molar-refractivity contribution in [2.24, 2.45) is 0 Å². The second kappa shape index (κ2) is 22.9. The van der Waals surface area contributed by atoms with E-state index >= 15 is 0 Å². The van der Waals surface area contributed by atoms with Crippen LogP contribution in [-0.2, 0) is 24.0 Å². The first kappa shape index (κ1) is 34.7. The van der Waals surface area contributed by atoms with Gasteiger partial charge < -0.3 is 26.0 Å². The van der Waals surface area contributed by atoms with Crippen molar-refractivity contribution in [3.05, 3.63) is 0 Å². The van der Waals surface area contributed by atoms with Crippen molar-refractivity contribution in [1.82, 2.24) is 15.7 Å². The Bertz CT molecular complexity index is 693. The zero-order chi connectivity index (χ0) is 27.9. The molecule has 3 atom stereocenters. The second-order valence-electron chi connectivity index (χ2n) is 9.33. The van der Waals surface area contributed by atoms with Crippen molar-refractivity contribution in [3.63, 3.8) is 0 Å². The van der Waals surface area contributed by atoms with E-state index in [0.717, 1.165) is 57.8 Å². The standard InChI is InChI=1S/C25H46N3O8P/c29-21(26-18-12-11-13-20(28-37)25(35)36)17-16-19(24(33)34)27-22(30)14-9-7-5-3-1-2-4-6-8-10-15-23(31)32/h19-20,28H,1-18,37H2,(H,26,29)(H,27,30)(H,31,32)(H,33,34)(H,35,36)/t19-,20?/m0/s1. The van der Waals surface area contributed by atoms with E-state index < -0.39 is 30.0 Å². The lowest BCUT2D eigenvalue weighted by Crippen LogP contribution is -2.41. The second-order valence-corrected chi connectivity index (χ2v) is 9.66. The Morgan fingerprint density at radius 3 is 1.57 bits per heavy atom. The van der Waals surface area contributed by atoms with Gasteiger partial charge in [-0.2, -0.15) is 0 Å². The molecule has 0 saturated heterocycles. The third-order valence-electron chi connectivity index (χ3n) is 6.08. The number of amides is 2. The van der Waals surface area contributed by atoms with Crippen molar-refractivity contribution in [2.75, 3.05) is 6.54 Å². The summed E-state index contributed by atoms with van der Waals surface area (Å²) < 4.78 is 0. The molecule has 0 fully saturated rings. The number of nitrogens with one attached hydrogen (secondary N) is 3. The Kier molecular flexibility index (Phi) is 21.5. The first-order chi connectivity index (χ1) is 17.7. The molecule has 6 N–H and O–H groups in total. The van der Waals surface area contributed by atoms with E-state index in [-0.39, 0.29) is 37.5 Å². The third kappa shape index (κ3) is 21.5. The molecule has 0 aromatic carbocycles. The predicted octanol–water partition coefficient (Wildman–Crippen LogP) is 3.22. The van der Waals surface area contributed by atoms with E-state index in [9.17, 15) is 29.1 Å². The molecule has 2 unspecified atom stereocenters. The quantitative estimate of drug-likeness (QED) is 0.0738. The van der Waals surface area contributed by atoms with Crippen LogP contribution in [0.3, 0.4) is 0 Å². The van der Waals surface area contributed by atoms with Crippen LogP contribution in [0.2, 0.25) is 0 Å². The first-order valence-electron chi connectivity index (χ1n) is 13.4. The van der Waals surface area contributed by atoms with Gasteiger partial charge in [-0.25, -0.2) is 4.79 Å². The minimum absolute atomic E-state index is 0.00127. The lowest BCUT2D eigenvalue weighted by molar-refractivity contribution is -0.142. The summed E-state index contributed by atoms with van der Waals surface area (Å²) in [6.45, 7) is 0.374. The number of carbonyl (C=O) groups excluding carboxylic acids is 2. The van der Waals surface area contributed by atoms with Crippen molar-refractivity contribution >= 4 is 39.1 Å². The lowest BCUT2D eigenvalue weighted by atomic mass is 10.0. The Morgan fingerprint density at radius 2 is 1.08 bits per heavy atom. The molecule has 0 aliphatic rings. The molecule has 0 bridgehead atoms. The molecule has 214 valence electrons. The minimum Gasteiger partial charge on any atom is -0.481 e. The monoisotopic (exact) mass is 547 g/mol. The molecule has 0 aliphatic heterocycles. The van der Waals surface area contributed by atoms with Crippen LogP contribution >= 0.6 is 9.39 Å². The SMILES string of the molecule is O=C(O)CCCCCCCCCCCCC(=O)N[C@@H](CCC(=O)NCCCCC(NP)C(=O)O)C(=O)O. The highest BCUT2D eigenvalue weighted by Gasteiger charge is 2.21. The molecular weight excluding hydrogens is 501 g/mol. The zero-order valence-electron chi connectivity index (χ0n) is 21.8. The van der Waals surface area contributed by atoms with Gasteiger partial charge in [0, 0.05) is 25.8 Å². The number of carboxylic acids is 3. The van der Waals surface area contributed by atoms with Gasteiger partial charge in [0.2, 0.25) is 11.8 Å². The summed E-state index contributed by atoms with van der Waals surface area (Å²) in [4.78, 5) is 56.9. The summed E-state index contributed by atoms with van der Waals surface area (Å²) >= 11 is 0. The highest BCUT2D eigenvalue weighted by atomic mass is 31.0. The average molecular weight is 548 g/mol. The van der Waals surface area contributed by atoms with Crippen LogP contribution in [0.1, 0.15) is 109 Å². The molecule has 12 heteroatoms.